The number of hydrogen-bond donors (Lipinski definition) is 1. The third-order valence-electron chi connectivity index (χ3n) is 4.24. The van der Waals surface area contributed by atoms with Gasteiger partial charge in [0.05, 0.1) is 4.90 Å². The normalized spacial score (nSPS) is 19.7. The lowest BCUT2D eigenvalue weighted by atomic mass is 10.1. The van der Waals surface area contributed by atoms with Gasteiger partial charge < -0.3 is 5.32 Å². The van der Waals surface area contributed by atoms with Gasteiger partial charge in [-0.15, -0.1) is 0 Å². The molecule has 1 saturated heterocycles. The molecule has 5 heteroatoms. The molecular weight excluding hydrogens is 284 g/mol. The Hall–Kier alpha value is -0.910. The Labute approximate surface area is 128 Å². The molecule has 1 fully saturated rings. The van der Waals surface area contributed by atoms with Crippen molar-refractivity contribution in [3.8, 4) is 0 Å². The number of sulfonamides is 1. The van der Waals surface area contributed by atoms with Crippen LogP contribution in [0.25, 0.3) is 0 Å². The summed E-state index contributed by atoms with van der Waals surface area (Å²) in [6.07, 6.45) is 5.41. The van der Waals surface area contributed by atoms with E-state index in [0.29, 0.717) is 18.0 Å². The maximum absolute atomic E-state index is 12.8. The summed E-state index contributed by atoms with van der Waals surface area (Å²) in [5, 5.41) is 3.15. The molecule has 1 aliphatic heterocycles. The first-order chi connectivity index (χ1) is 10.1. The van der Waals surface area contributed by atoms with Crippen LogP contribution in [-0.4, -0.2) is 32.9 Å². The van der Waals surface area contributed by atoms with Gasteiger partial charge in [-0.05, 0) is 44.5 Å². The highest BCUT2D eigenvalue weighted by atomic mass is 32.2. The van der Waals surface area contributed by atoms with Gasteiger partial charge in [-0.2, -0.15) is 4.31 Å². The molecule has 0 amide bonds. The highest BCUT2D eigenvalue weighted by Crippen LogP contribution is 2.22. The lowest BCUT2D eigenvalue weighted by Crippen LogP contribution is -2.34. The molecule has 1 aliphatic rings. The Kier molecular flexibility index (Phi) is 5.79. The summed E-state index contributed by atoms with van der Waals surface area (Å²) in [6.45, 7) is 3.32. The van der Waals surface area contributed by atoms with E-state index in [9.17, 15) is 8.42 Å². The van der Waals surface area contributed by atoms with Crippen molar-refractivity contribution in [2.45, 2.75) is 50.0 Å². The standard InChI is InChI=1S/C16H26N2O2S/c1-14(17-2)15-9-8-10-16(13-15)21(19,20)18-11-6-4-3-5-7-12-18/h8-10,13-14,17H,3-7,11-12H2,1-2H3. The van der Waals surface area contributed by atoms with Gasteiger partial charge in [-0.25, -0.2) is 8.42 Å². The van der Waals surface area contributed by atoms with Crippen molar-refractivity contribution >= 4 is 10.0 Å². The van der Waals surface area contributed by atoms with Gasteiger partial charge in [0, 0.05) is 19.1 Å². The Bertz CT molecular complexity index is 549. The summed E-state index contributed by atoms with van der Waals surface area (Å²) in [5.74, 6) is 0. The van der Waals surface area contributed by atoms with Crippen molar-refractivity contribution in [3.63, 3.8) is 0 Å². The van der Waals surface area contributed by atoms with Crippen LogP contribution in [0.3, 0.4) is 0 Å². The quantitative estimate of drug-likeness (QED) is 0.930. The number of rotatable bonds is 4. The fraction of sp³-hybridized carbons (Fsp3) is 0.625. The summed E-state index contributed by atoms with van der Waals surface area (Å²) >= 11 is 0. The van der Waals surface area contributed by atoms with E-state index in [4.69, 9.17) is 0 Å². The molecule has 0 aliphatic carbocycles. The Balaban J connectivity index is 2.25. The van der Waals surface area contributed by atoms with Crippen LogP contribution in [0.2, 0.25) is 0 Å². The van der Waals surface area contributed by atoms with Crippen molar-refractivity contribution in [1.29, 1.82) is 0 Å². The number of nitrogens with one attached hydrogen (secondary N) is 1. The van der Waals surface area contributed by atoms with Gasteiger partial charge in [0.15, 0.2) is 0 Å². The van der Waals surface area contributed by atoms with Gasteiger partial charge in [0.1, 0.15) is 0 Å². The molecule has 1 atom stereocenters. The van der Waals surface area contributed by atoms with Crippen molar-refractivity contribution < 1.29 is 8.42 Å². The molecule has 0 saturated carbocycles. The lowest BCUT2D eigenvalue weighted by molar-refractivity contribution is 0.364. The average molecular weight is 310 g/mol. The second-order valence-corrected chi connectivity index (χ2v) is 7.69. The van der Waals surface area contributed by atoms with Gasteiger partial charge in [0.25, 0.3) is 0 Å². The van der Waals surface area contributed by atoms with Gasteiger partial charge in [-0.3, -0.25) is 0 Å². The van der Waals surface area contributed by atoms with E-state index in [1.165, 1.54) is 6.42 Å². The zero-order valence-corrected chi connectivity index (χ0v) is 13.8. The molecular formula is C16H26N2O2S. The first kappa shape index (κ1) is 16.5. The largest absolute Gasteiger partial charge is 0.313 e. The number of nitrogens with zero attached hydrogens (tertiary/aromatic N) is 1. The third-order valence-corrected chi connectivity index (χ3v) is 6.14. The molecule has 4 nitrogen and oxygen atoms in total. The molecule has 0 aromatic heterocycles. The molecule has 1 unspecified atom stereocenters. The summed E-state index contributed by atoms with van der Waals surface area (Å²) in [6, 6.07) is 7.45. The molecule has 1 heterocycles. The number of hydrogen-bond acceptors (Lipinski definition) is 3. The Morgan fingerprint density at radius 1 is 1.10 bits per heavy atom. The summed E-state index contributed by atoms with van der Waals surface area (Å²) in [7, 11) is -1.48. The van der Waals surface area contributed by atoms with Crippen LogP contribution >= 0.6 is 0 Å². The van der Waals surface area contributed by atoms with Crippen LogP contribution in [-0.2, 0) is 10.0 Å². The van der Waals surface area contributed by atoms with Crippen molar-refractivity contribution in [1.82, 2.24) is 9.62 Å². The van der Waals surface area contributed by atoms with Crippen LogP contribution in [0.4, 0.5) is 0 Å². The van der Waals surface area contributed by atoms with Crippen LogP contribution in [0.15, 0.2) is 29.2 Å². The minimum atomic E-state index is -3.36. The van der Waals surface area contributed by atoms with E-state index in [1.54, 1.807) is 16.4 Å². The Morgan fingerprint density at radius 2 is 1.71 bits per heavy atom. The average Bonchev–Trinajstić information content (AvgIpc) is 2.46. The van der Waals surface area contributed by atoms with Crippen LogP contribution in [0.5, 0.6) is 0 Å². The van der Waals surface area contributed by atoms with Gasteiger partial charge in [0.2, 0.25) is 10.0 Å². The highest BCUT2D eigenvalue weighted by Gasteiger charge is 2.25. The topological polar surface area (TPSA) is 49.4 Å². The van der Waals surface area contributed by atoms with Crippen molar-refractivity contribution in [2.75, 3.05) is 20.1 Å². The fourth-order valence-electron chi connectivity index (χ4n) is 2.72. The van der Waals surface area contributed by atoms with E-state index < -0.39 is 10.0 Å². The zero-order chi connectivity index (χ0) is 15.3. The van der Waals surface area contributed by atoms with E-state index >= 15 is 0 Å². The van der Waals surface area contributed by atoms with Crippen LogP contribution < -0.4 is 5.32 Å². The SMILES string of the molecule is CNC(C)c1cccc(S(=O)(=O)N2CCCCCCC2)c1. The van der Waals surface area contributed by atoms with Crippen molar-refractivity contribution in [3.05, 3.63) is 29.8 Å². The maximum Gasteiger partial charge on any atom is 0.243 e. The zero-order valence-electron chi connectivity index (χ0n) is 13.0. The van der Waals surface area contributed by atoms with Crippen LogP contribution in [0.1, 0.15) is 50.6 Å². The highest BCUT2D eigenvalue weighted by molar-refractivity contribution is 7.89. The predicted octanol–water partition coefficient (Wildman–Crippen LogP) is 2.92. The van der Waals surface area contributed by atoms with E-state index in [1.807, 2.05) is 26.1 Å². The molecule has 0 bridgehead atoms. The lowest BCUT2D eigenvalue weighted by Gasteiger charge is -2.24. The second-order valence-electron chi connectivity index (χ2n) is 5.75. The Morgan fingerprint density at radius 3 is 2.33 bits per heavy atom. The monoisotopic (exact) mass is 310 g/mol. The predicted molar refractivity (Wildman–Crippen MR) is 85.8 cm³/mol. The third kappa shape index (κ3) is 4.05. The first-order valence-electron chi connectivity index (χ1n) is 7.83. The molecule has 21 heavy (non-hydrogen) atoms. The summed E-state index contributed by atoms with van der Waals surface area (Å²) < 4.78 is 27.3. The van der Waals surface area contributed by atoms with Gasteiger partial charge >= 0.3 is 0 Å². The van der Waals surface area contributed by atoms with Crippen LogP contribution in [0, 0.1) is 0 Å². The minimum absolute atomic E-state index is 0.146. The van der Waals surface area contributed by atoms with Crippen molar-refractivity contribution in [2.24, 2.45) is 0 Å². The summed E-state index contributed by atoms with van der Waals surface area (Å²) in [5.41, 5.74) is 1.01. The van der Waals surface area contributed by atoms with E-state index in [0.717, 1.165) is 31.2 Å². The smallest absolute Gasteiger partial charge is 0.243 e. The molecule has 2 rings (SSSR count). The molecule has 0 radical (unpaired) electrons. The number of benzene rings is 1. The molecule has 118 valence electrons. The second kappa shape index (κ2) is 7.38. The first-order valence-corrected chi connectivity index (χ1v) is 9.27. The molecule has 1 aromatic carbocycles. The maximum atomic E-state index is 12.8. The fourth-order valence-corrected chi connectivity index (χ4v) is 4.29. The minimum Gasteiger partial charge on any atom is -0.313 e. The molecule has 1 N–H and O–H groups in total. The van der Waals surface area contributed by atoms with E-state index in [-0.39, 0.29) is 6.04 Å². The summed E-state index contributed by atoms with van der Waals surface area (Å²) in [4.78, 5) is 0.419. The molecule has 0 spiro atoms. The van der Waals surface area contributed by atoms with Gasteiger partial charge in [-0.1, -0.05) is 31.4 Å². The molecule has 1 aromatic rings. The van der Waals surface area contributed by atoms with E-state index in [2.05, 4.69) is 5.32 Å².